The summed E-state index contributed by atoms with van der Waals surface area (Å²) in [6.45, 7) is 0.924. The van der Waals surface area contributed by atoms with E-state index in [1.165, 1.54) is 23.5 Å². The molecular weight excluding hydrogens is 303 g/mol. The van der Waals surface area contributed by atoms with Crippen molar-refractivity contribution in [2.75, 3.05) is 6.54 Å². The summed E-state index contributed by atoms with van der Waals surface area (Å²) in [6, 6.07) is 6.11. The van der Waals surface area contributed by atoms with Crippen molar-refractivity contribution in [2.24, 2.45) is 0 Å². The van der Waals surface area contributed by atoms with Crippen LogP contribution in [0.2, 0.25) is 0 Å². The van der Waals surface area contributed by atoms with Gasteiger partial charge >= 0.3 is 6.36 Å². The number of halogens is 3. The van der Waals surface area contributed by atoms with E-state index in [0.717, 1.165) is 24.4 Å². The Hall–Kier alpha value is -1.67. The van der Waals surface area contributed by atoms with Crippen molar-refractivity contribution in [1.29, 1.82) is 0 Å². The number of nitrogens with zero attached hydrogens (tertiary/aromatic N) is 2. The molecule has 1 aliphatic rings. The highest BCUT2D eigenvalue weighted by Gasteiger charge is 2.32. The molecular formula is C13H12F3N3OS. The van der Waals surface area contributed by atoms with Gasteiger partial charge in [-0.1, -0.05) is 23.5 Å². The molecule has 1 aromatic carbocycles. The molecule has 2 heterocycles. The van der Waals surface area contributed by atoms with Gasteiger partial charge in [0.05, 0.1) is 11.6 Å². The van der Waals surface area contributed by atoms with Crippen LogP contribution in [0.5, 0.6) is 5.75 Å². The minimum atomic E-state index is -4.73. The number of hydrogen-bond acceptors (Lipinski definition) is 5. The van der Waals surface area contributed by atoms with Crippen LogP contribution in [0.3, 0.4) is 0 Å². The first kappa shape index (κ1) is 14.3. The molecule has 1 N–H and O–H groups in total. The summed E-state index contributed by atoms with van der Waals surface area (Å²) in [7, 11) is 0. The predicted octanol–water partition coefficient (Wildman–Crippen LogP) is 3.53. The molecule has 3 rings (SSSR count). The minimum absolute atomic E-state index is 0.145. The molecule has 0 radical (unpaired) electrons. The van der Waals surface area contributed by atoms with E-state index in [9.17, 15) is 13.2 Å². The Balaban J connectivity index is 1.90. The zero-order valence-corrected chi connectivity index (χ0v) is 11.7. The number of rotatable bonds is 3. The minimum Gasteiger partial charge on any atom is -0.405 e. The quantitative estimate of drug-likeness (QED) is 0.941. The molecule has 21 heavy (non-hydrogen) atoms. The van der Waals surface area contributed by atoms with Crippen molar-refractivity contribution < 1.29 is 17.9 Å². The molecule has 1 aliphatic heterocycles. The second-order valence-corrected chi connectivity index (χ2v) is 5.65. The Morgan fingerprint density at radius 2 is 2.05 bits per heavy atom. The fraction of sp³-hybridized carbons (Fsp3) is 0.385. The van der Waals surface area contributed by atoms with E-state index in [0.29, 0.717) is 10.6 Å². The SMILES string of the molecule is FC(F)(F)Oc1ccccc1-c1nnc([C@@H]2CCCN2)s1. The summed E-state index contributed by atoms with van der Waals surface area (Å²) >= 11 is 1.29. The fourth-order valence-electron chi connectivity index (χ4n) is 2.24. The van der Waals surface area contributed by atoms with Gasteiger partial charge in [-0.05, 0) is 31.5 Å². The topological polar surface area (TPSA) is 47.0 Å². The first-order chi connectivity index (χ1) is 10.0. The molecule has 4 nitrogen and oxygen atoms in total. The highest BCUT2D eigenvalue weighted by molar-refractivity contribution is 7.14. The van der Waals surface area contributed by atoms with E-state index < -0.39 is 6.36 Å². The van der Waals surface area contributed by atoms with E-state index in [1.807, 2.05) is 0 Å². The van der Waals surface area contributed by atoms with E-state index in [-0.39, 0.29) is 11.8 Å². The van der Waals surface area contributed by atoms with E-state index >= 15 is 0 Å². The zero-order valence-electron chi connectivity index (χ0n) is 10.9. The Morgan fingerprint density at radius 3 is 2.76 bits per heavy atom. The molecule has 1 aromatic heterocycles. The van der Waals surface area contributed by atoms with Crippen molar-refractivity contribution in [1.82, 2.24) is 15.5 Å². The third-order valence-corrected chi connectivity index (χ3v) is 4.21. The number of alkyl halides is 3. The normalized spacial score (nSPS) is 18.9. The third-order valence-electron chi connectivity index (χ3n) is 3.14. The number of nitrogens with one attached hydrogen (secondary N) is 1. The molecule has 112 valence electrons. The lowest BCUT2D eigenvalue weighted by molar-refractivity contribution is -0.274. The molecule has 1 fully saturated rings. The molecule has 0 aliphatic carbocycles. The maximum atomic E-state index is 12.4. The third kappa shape index (κ3) is 3.33. The maximum Gasteiger partial charge on any atom is 0.573 e. The smallest absolute Gasteiger partial charge is 0.405 e. The lowest BCUT2D eigenvalue weighted by atomic mass is 10.2. The van der Waals surface area contributed by atoms with E-state index in [4.69, 9.17) is 0 Å². The van der Waals surface area contributed by atoms with Gasteiger partial charge in [0.15, 0.2) is 5.01 Å². The second kappa shape index (κ2) is 5.61. The molecule has 1 saturated heterocycles. The van der Waals surface area contributed by atoms with Gasteiger partial charge in [-0.3, -0.25) is 0 Å². The lowest BCUT2D eigenvalue weighted by Crippen LogP contribution is -2.17. The van der Waals surface area contributed by atoms with Crippen molar-refractivity contribution in [2.45, 2.75) is 25.2 Å². The zero-order chi connectivity index (χ0) is 14.9. The monoisotopic (exact) mass is 315 g/mol. The predicted molar refractivity (Wildman–Crippen MR) is 72.0 cm³/mol. The summed E-state index contributed by atoms with van der Waals surface area (Å²) in [4.78, 5) is 0. The maximum absolute atomic E-state index is 12.4. The summed E-state index contributed by atoms with van der Waals surface area (Å²) < 4.78 is 41.3. The van der Waals surface area contributed by atoms with Gasteiger partial charge in [-0.15, -0.1) is 23.4 Å². The average molecular weight is 315 g/mol. The van der Waals surface area contributed by atoms with Gasteiger partial charge < -0.3 is 10.1 Å². The van der Waals surface area contributed by atoms with Gasteiger partial charge in [0.1, 0.15) is 10.8 Å². The number of ether oxygens (including phenoxy) is 1. The van der Waals surface area contributed by atoms with Crippen LogP contribution in [0.4, 0.5) is 13.2 Å². The molecule has 0 amide bonds. The van der Waals surface area contributed by atoms with Crippen LogP contribution in [-0.4, -0.2) is 23.1 Å². The summed E-state index contributed by atoms with van der Waals surface area (Å²) in [5, 5.41) is 12.6. The van der Waals surface area contributed by atoms with Gasteiger partial charge in [0.25, 0.3) is 0 Å². The average Bonchev–Trinajstić information content (AvgIpc) is 3.08. The van der Waals surface area contributed by atoms with Crippen LogP contribution in [0, 0.1) is 0 Å². The van der Waals surface area contributed by atoms with Crippen molar-refractivity contribution >= 4 is 11.3 Å². The highest BCUT2D eigenvalue weighted by Crippen LogP contribution is 2.37. The molecule has 8 heteroatoms. The van der Waals surface area contributed by atoms with E-state index in [1.54, 1.807) is 12.1 Å². The molecule has 1 atom stereocenters. The Morgan fingerprint density at radius 1 is 1.24 bits per heavy atom. The Labute approximate surface area is 123 Å². The van der Waals surface area contributed by atoms with Crippen LogP contribution in [0.15, 0.2) is 24.3 Å². The van der Waals surface area contributed by atoms with Crippen LogP contribution in [0.25, 0.3) is 10.6 Å². The fourth-order valence-corrected chi connectivity index (χ4v) is 3.22. The van der Waals surface area contributed by atoms with Crippen LogP contribution < -0.4 is 10.1 Å². The lowest BCUT2D eigenvalue weighted by Gasteiger charge is -2.11. The van der Waals surface area contributed by atoms with Crippen LogP contribution in [-0.2, 0) is 0 Å². The summed E-state index contributed by atoms with van der Waals surface area (Å²) in [5.41, 5.74) is 0.302. The van der Waals surface area contributed by atoms with Crippen molar-refractivity contribution in [3.8, 4) is 16.3 Å². The van der Waals surface area contributed by atoms with Gasteiger partial charge in [0, 0.05) is 0 Å². The molecule has 0 spiro atoms. The second-order valence-electron chi connectivity index (χ2n) is 4.64. The highest BCUT2D eigenvalue weighted by atomic mass is 32.1. The Bertz CT molecular complexity index is 623. The number of benzene rings is 1. The molecule has 0 bridgehead atoms. The van der Waals surface area contributed by atoms with Crippen molar-refractivity contribution in [3.63, 3.8) is 0 Å². The van der Waals surface area contributed by atoms with Gasteiger partial charge in [-0.2, -0.15) is 0 Å². The first-order valence-corrected chi connectivity index (χ1v) is 7.26. The van der Waals surface area contributed by atoms with Gasteiger partial charge in [-0.25, -0.2) is 0 Å². The van der Waals surface area contributed by atoms with Crippen LogP contribution in [0.1, 0.15) is 23.9 Å². The van der Waals surface area contributed by atoms with Gasteiger partial charge in [0.2, 0.25) is 0 Å². The largest absolute Gasteiger partial charge is 0.573 e. The van der Waals surface area contributed by atoms with E-state index in [2.05, 4.69) is 20.3 Å². The standard InChI is InChI=1S/C13H12F3N3OS/c14-13(15,16)20-10-6-2-1-4-8(10)11-18-19-12(21-11)9-5-3-7-17-9/h1-2,4,6,9,17H,3,5,7H2/t9-/m0/s1. The molecule has 0 saturated carbocycles. The Kier molecular flexibility index (Phi) is 3.81. The first-order valence-electron chi connectivity index (χ1n) is 6.45. The summed E-state index contributed by atoms with van der Waals surface area (Å²) in [6.07, 6.45) is -2.70. The summed E-state index contributed by atoms with van der Waals surface area (Å²) in [5.74, 6) is -0.257. The van der Waals surface area contributed by atoms with Crippen LogP contribution >= 0.6 is 11.3 Å². The molecule has 0 unspecified atom stereocenters. The number of para-hydroxylation sites is 1. The van der Waals surface area contributed by atoms with Crippen molar-refractivity contribution in [3.05, 3.63) is 29.3 Å². The molecule has 2 aromatic rings. The number of hydrogen-bond donors (Lipinski definition) is 1. The number of aromatic nitrogens is 2.